The number of aliphatic hydroxyl groups is 1. The normalized spacial score (nSPS) is 17.5. The number of hydrogen-bond donors (Lipinski definition) is 1. The van der Waals surface area contributed by atoms with Crippen molar-refractivity contribution in [1.29, 1.82) is 0 Å². The molecule has 2 rings (SSSR count). The Kier molecular flexibility index (Phi) is 5.67. The van der Waals surface area contributed by atoms with Crippen molar-refractivity contribution in [1.82, 2.24) is 4.90 Å². The zero-order valence-corrected chi connectivity index (χ0v) is 13.0. The van der Waals surface area contributed by atoms with Crippen LogP contribution in [-0.2, 0) is 0 Å². The molecule has 1 atom stereocenters. The highest BCUT2D eigenvalue weighted by atomic mass is 35.5. The first-order valence-electron chi connectivity index (χ1n) is 7.37. The van der Waals surface area contributed by atoms with Crippen molar-refractivity contribution in [2.75, 3.05) is 13.2 Å². The van der Waals surface area contributed by atoms with E-state index in [0.717, 1.165) is 25.8 Å². The highest BCUT2D eigenvalue weighted by Crippen LogP contribution is 2.24. The number of halogens is 1. The lowest BCUT2D eigenvalue weighted by molar-refractivity contribution is 0.0733. The van der Waals surface area contributed by atoms with Crippen LogP contribution in [0.15, 0.2) is 18.2 Å². The van der Waals surface area contributed by atoms with Crippen LogP contribution in [0.3, 0.4) is 0 Å². The van der Waals surface area contributed by atoms with E-state index >= 15 is 0 Å². The third-order valence-corrected chi connectivity index (χ3v) is 4.10. The molecule has 4 heteroatoms. The quantitative estimate of drug-likeness (QED) is 0.872. The average Bonchev–Trinajstić information content (AvgIpc) is 2.96. The fraction of sp³-hybridized carbons (Fsp3) is 0.471. The minimum absolute atomic E-state index is 0.0363. The smallest absolute Gasteiger partial charge is 0.254 e. The van der Waals surface area contributed by atoms with E-state index < -0.39 is 0 Å². The van der Waals surface area contributed by atoms with Crippen molar-refractivity contribution in [2.24, 2.45) is 0 Å². The Morgan fingerprint density at radius 3 is 3.00 bits per heavy atom. The third kappa shape index (κ3) is 3.78. The van der Waals surface area contributed by atoms with Crippen LogP contribution in [0.1, 0.15) is 48.5 Å². The largest absolute Gasteiger partial charge is 0.395 e. The molecule has 1 saturated heterocycles. The van der Waals surface area contributed by atoms with Crippen LogP contribution >= 0.6 is 11.6 Å². The highest BCUT2D eigenvalue weighted by molar-refractivity contribution is 6.32. The van der Waals surface area contributed by atoms with Gasteiger partial charge in [-0.1, -0.05) is 30.4 Å². The number of aliphatic hydroxyl groups excluding tert-OH is 1. The van der Waals surface area contributed by atoms with E-state index in [0.29, 0.717) is 28.6 Å². The van der Waals surface area contributed by atoms with E-state index in [1.54, 1.807) is 18.2 Å². The maximum atomic E-state index is 12.5. The Morgan fingerprint density at radius 2 is 2.33 bits per heavy atom. The van der Waals surface area contributed by atoms with Crippen molar-refractivity contribution in [3.8, 4) is 11.8 Å². The van der Waals surface area contributed by atoms with Crippen molar-refractivity contribution in [3.05, 3.63) is 34.3 Å². The van der Waals surface area contributed by atoms with Crippen LogP contribution < -0.4 is 0 Å². The van der Waals surface area contributed by atoms with Crippen molar-refractivity contribution >= 4 is 17.5 Å². The van der Waals surface area contributed by atoms with Crippen molar-refractivity contribution in [2.45, 2.75) is 38.6 Å². The number of nitrogens with zero attached hydrogens (tertiary/aromatic N) is 1. The summed E-state index contributed by atoms with van der Waals surface area (Å²) in [5.41, 5.74) is 1.31. The summed E-state index contributed by atoms with van der Waals surface area (Å²) in [6, 6.07) is 5.59. The molecule has 21 heavy (non-hydrogen) atoms. The summed E-state index contributed by atoms with van der Waals surface area (Å²) >= 11 is 6.19. The molecular formula is C17H20ClNO2. The van der Waals surface area contributed by atoms with E-state index in [9.17, 15) is 4.79 Å². The number of benzene rings is 1. The molecule has 0 spiro atoms. The fourth-order valence-electron chi connectivity index (χ4n) is 2.66. The summed E-state index contributed by atoms with van der Waals surface area (Å²) in [5, 5.41) is 9.20. The van der Waals surface area contributed by atoms with Gasteiger partial charge < -0.3 is 10.0 Å². The van der Waals surface area contributed by atoms with E-state index in [2.05, 4.69) is 18.8 Å². The SMILES string of the molecule is CCC1CCCN1C(=O)c1ccc(C#CCCO)c(Cl)c1. The van der Waals surface area contributed by atoms with Gasteiger partial charge in [0.1, 0.15) is 0 Å². The molecule has 1 aliphatic rings. The van der Waals surface area contributed by atoms with Gasteiger partial charge in [0.05, 0.1) is 11.6 Å². The first-order valence-corrected chi connectivity index (χ1v) is 7.75. The van der Waals surface area contributed by atoms with Gasteiger partial charge in [-0.05, 0) is 37.5 Å². The van der Waals surface area contributed by atoms with E-state index in [1.807, 2.05) is 4.90 Å². The van der Waals surface area contributed by atoms with Gasteiger partial charge in [-0.3, -0.25) is 4.79 Å². The molecule has 1 N–H and O–H groups in total. The summed E-state index contributed by atoms with van der Waals surface area (Å²) < 4.78 is 0. The van der Waals surface area contributed by atoms with E-state index in [1.165, 1.54) is 0 Å². The molecule has 1 aliphatic heterocycles. The number of hydrogen-bond acceptors (Lipinski definition) is 2. The molecule has 0 saturated carbocycles. The molecule has 0 aliphatic carbocycles. The minimum Gasteiger partial charge on any atom is -0.395 e. The summed E-state index contributed by atoms with van der Waals surface area (Å²) in [7, 11) is 0. The van der Waals surface area contributed by atoms with Gasteiger partial charge in [-0.25, -0.2) is 0 Å². The summed E-state index contributed by atoms with van der Waals surface area (Å²) in [4.78, 5) is 14.5. The van der Waals surface area contributed by atoms with Crippen LogP contribution in [-0.4, -0.2) is 35.1 Å². The molecule has 0 bridgehead atoms. The molecule has 0 radical (unpaired) electrons. The predicted molar refractivity (Wildman–Crippen MR) is 84.4 cm³/mol. The Bertz CT molecular complexity index is 574. The zero-order valence-electron chi connectivity index (χ0n) is 12.2. The monoisotopic (exact) mass is 305 g/mol. The second kappa shape index (κ2) is 7.49. The van der Waals surface area contributed by atoms with Crippen LogP contribution in [0, 0.1) is 11.8 Å². The number of likely N-dealkylation sites (tertiary alicyclic amines) is 1. The van der Waals surface area contributed by atoms with Gasteiger partial charge in [0.15, 0.2) is 0 Å². The van der Waals surface area contributed by atoms with Crippen LogP contribution in [0.25, 0.3) is 0 Å². The second-order valence-electron chi connectivity index (χ2n) is 5.17. The standard InChI is InChI=1S/C17H20ClNO2/c1-2-15-7-5-10-19(15)17(21)14-9-8-13(16(18)12-14)6-3-4-11-20/h8-9,12,15,20H,2,4-5,7,10-11H2,1H3. The molecule has 0 aromatic heterocycles. The Labute approximate surface area is 130 Å². The summed E-state index contributed by atoms with van der Waals surface area (Å²) in [6.45, 7) is 2.98. The summed E-state index contributed by atoms with van der Waals surface area (Å²) in [6.07, 6.45) is 3.57. The van der Waals surface area contributed by atoms with Gasteiger partial charge in [-0.15, -0.1) is 0 Å². The lowest BCUT2D eigenvalue weighted by atomic mass is 10.1. The lowest BCUT2D eigenvalue weighted by Crippen LogP contribution is -2.35. The molecule has 1 fully saturated rings. The van der Waals surface area contributed by atoms with Gasteiger partial charge in [0.2, 0.25) is 0 Å². The minimum atomic E-state index is 0.0363. The maximum absolute atomic E-state index is 12.5. The number of carbonyl (C=O) groups excluding carboxylic acids is 1. The predicted octanol–water partition coefficient (Wildman–Crippen LogP) is 3.09. The van der Waals surface area contributed by atoms with E-state index in [-0.39, 0.29) is 12.5 Å². The molecule has 1 aromatic carbocycles. The van der Waals surface area contributed by atoms with E-state index in [4.69, 9.17) is 16.7 Å². The summed E-state index contributed by atoms with van der Waals surface area (Å²) in [5.74, 6) is 5.79. The molecule has 1 aromatic rings. The zero-order chi connectivity index (χ0) is 15.2. The molecule has 112 valence electrons. The van der Waals surface area contributed by atoms with Gasteiger partial charge in [-0.2, -0.15) is 0 Å². The maximum Gasteiger partial charge on any atom is 0.254 e. The van der Waals surface area contributed by atoms with Gasteiger partial charge in [0.25, 0.3) is 5.91 Å². The molecular weight excluding hydrogens is 286 g/mol. The Balaban J connectivity index is 2.16. The van der Waals surface area contributed by atoms with Gasteiger partial charge in [0, 0.05) is 30.1 Å². The van der Waals surface area contributed by atoms with Crippen LogP contribution in [0.5, 0.6) is 0 Å². The second-order valence-corrected chi connectivity index (χ2v) is 5.58. The molecule has 1 heterocycles. The number of carbonyl (C=O) groups is 1. The lowest BCUT2D eigenvalue weighted by Gasteiger charge is -2.23. The first-order chi connectivity index (χ1) is 10.2. The Morgan fingerprint density at radius 1 is 1.52 bits per heavy atom. The molecule has 1 unspecified atom stereocenters. The van der Waals surface area contributed by atoms with Crippen LogP contribution in [0.4, 0.5) is 0 Å². The topological polar surface area (TPSA) is 40.5 Å². The average molecular weight is 306 g/mol. The highest BCUT2D eigenvalue weighted by Gasteiger charge is 2.28. The first kappa shape index (κ1) is 15.9. The molecule has 3 nitrogen and oxygen atoms in total. The third-order valence-electron chi connectivity index (χ3n) is 3.79. The van der Waals surface area contributed by atoms with Crippen LogP contribution in [0.2, 0.25) is 5.02 Å². The number of rotatable bonds is 3. The fourth-order valence-corrected chi connectivity index (χ4v) is 2.88. The Hall–Kier alpha value is -1.50. The molecule has 1 amide bonds. The van der Waals surface area contributed by atoms with Crippen molar-refractivity contribution in [3.63, 3.8) is 0 Å². The van der Waals surface area contributed by atoms with Crippen molar-refractivity contribution < 1.29 is 9.90 Å². The van der Waals surface area contributed by atoms with Gasteiger partial charge >= 0.3 is 0 Å². The number of amides is 1.